The molecule has 0 aliphatic heterocycles. The fraction of sp³-hybridized carbons (Fsp3) is 0.0833. The number of rotatable bonds is 6. The number of halogens is 1. The Kier molecular flexibility index (Phi) is 6.88. The second-order valence-corrected chi connectivity index (χ2v) is 7.17. The molecule has 0 saturated heterocycles. The minimum atomic E-state index is -0.677. The molecule has 3 aromatic rings. The number of nitrogens with zero attached hydrogens (tertiary/aromatic N) is 2. The summed E-state index contributed by atoms with van der Waals surface area (Å²) in [6.45, 7) is 1.55. The zero-order chi connectivity index (χ0) is 23.3. The molecule has 7 nitrogen and oxygen atoms in total. The molecular weight excluding hydrogens is 432 g/mol. The van der Waals surface area contributed by atoms with Gasteiger partial charge < -0.3 is 9.47 Å². The Morgan fingerprint density at radius 3 is 2.34 bits per heavy atom. The van der Waals surface area contributed by atoms with Crippen molar-refractivity contribution in [2.75, 3.05) is 7.11 Å². The number of nitriles is 1. The number of nitro benzene ring substituents is 1. The first kappa shape index (κ1) is 22.5. The Bertz CT molecular complexity index is 1260. The van der Waals surface area contributed by atoms with E-state index in [9.17, 15) is 20.2 Å². The maximum absolute atomic E-state index is 12.5. The molecule has 3 rings (SSSR count). The van der Waals surface area contributed by atoms with E-state index >= 15 is 0 Å². The highest BCUT2D eigenvalue weighted by Crippen LogP contribution is 2.31. The van der Waals surface area contributed by atoms with Crippen LogP contribution in [-0.4, -0.2) is 18.0 Å². The molecule has 32 heavy (non-hydrogen) atoms. The molecule has 3 aromatic carbocycles. The molecule has 0 heterocycles. The van der Waals surface area contributed by atoms with E-state index in [0.717, 1.165) is 0 Å². The van der Waals surface area contributed by atoms with Crippen LogP contribution in [0.25, 0.3) is 11.6 Å². The third-order valence-electron chi connectivity index (χ3n) is 4.61. The molecule has 0 atom stereocenters. The van der Waals surface area contributed by atoms with E-state index < -0.39 is 10.9 Å². The van der Waals surface area contributed by atoms with Gasteiger partial charge in [-0.05, 0) is 60.5 Å². The normalized spacial score (nSPS) is 10.9. The molecule has 0 aliphatic rings. The number of aryl methyl sites for hydroxylation is 1. The van der Waals surface area contributed by atoms with Gasteiger partial charge in [-0.3, -0.25) is 10.1 Å². The van der Waals surface area contributed by atoms with Crippen molar-refractivity contribution >= 4 is 34.9 Å². The van der Waals surface area contributed by atoms with Crippen LogP contribution in [0.1, 0.15) is 27.0 Å². The van der Waals surface area contributed by atoms with Gasteiger partial charge in [-0.2, -0.15) is 5.26 Å². The average molecular weight is 449 g/mol. The Morgan fingerprint density at radius 1 is 1.06 bits per heavy atom. The van der Waals surface area contributed by atoms with Crippen molar-refractivity contribution in [1.82, 2.24) is 0 Å². The first-order chi connectivity index (χ1) is 15.3. The van der Waals surface area contributed by atoms with Crippen LogP contribution in [0.2, 0.25) is 5.02 Å². The molecule has 0 bridgehead atoms. The fourth-order valence-corrected chi connectivity index (χ4v) is 3.11. The van der Waals surface area contributed by atoms with Crippen LogP contribution in [0.3, 0.4) is 0 Å². The first-order valence-electron chi connectivity index (χ1n) is 9.35. The molecule has 0 aliphatic carbocycles. The van der Waals surface area contributed by atoms with Gasteiger partial charge in [0.15, 0.2) is 11.5 Å². The second-order valence-electron chi connectivity index (χ2n) is 6.73. The van der Waals surface area contributed by atoms with Crippen molar-refractivity contribution in [3.63, 3.8) is 0 Å². The van der Waals surface area contributed by atoms with Crippen LogP contribution in [-0.2, 0) is 0 Å². The Morgan fingerprint density at radius 2 is 1.75 bits per heavy atom. The summed E-state index contributed by atoms with van der Waals surface area (Å²) in [4.78, 5) is 23.0. The van der Waals surface area contributed by atoms with E-state index in [2.05, 4.69) is 6.07 Å². The largest absolute Gasteiger partial charge is 0.493 e. The molecule has 160 valence electrons. The predicted octanol–water partition coefficient (Wildman–Crippen LogP) is 5.85. The third kappa shape index (κ3) is 5.12. The summed E-state index contributed by atoms with van der Waals surface area (Å²) in [5, 5.41) is 21.0. The van der Waals surface area contributed by atoms with Crippen molar-refractivity contribution < 1.29 is 19.2 Å². The quantitative estimate of drug-likeness (QED) is 0.117. The maximum Gasteiger partial charge on any atom is 0.343 e. The number of methoxy groups -OCH3 is 1. The molecular formula is C24H17ClN2O5. The third-order valence-corrected chi connectivity index (χ3v) is 4.86. The first-order valence-corrected chi connectivity index (χ1v) is 9.73. The summed E-state index contributed by atoms with van der Waals surface area (Å²) in [6.07, 6.45) is 1.68. The van der Waals surface area contributed by atoms with E-state index in [0.29, 0.717) is 33.0 Å². The van der Waals surface area contributed by atoms with E-state index in [1.807, 2.05) is 0 Å². The summed E-state index contributed by atoms with van der Waals surface area (Å²) in [6, 6.07) is 17.9. The standard InChI is InChI=1S/C24H17ClN2O5/c1-15-11-18(6-9-21(15)27(29)30)24(28)32-22-10-3-16(13-23(22)31-2)12-19(14-26)17-4-7-20(25)8-5-17/h3-13H,1-2H3/b19-12+. The molecule has 0 saturated carbocycles. The topological polar surface area (TPSA) is 102 Å². The van der Waals surface area contributed by atoms with Crippen molar-refractivity contribution in [2.45, 2.75) is 6.92 Å². The summed E-state index contributed by atoms with van der Waals surface area (Å²) in [5.74, 6) is -0.210. The Hall–Kier alpha value is -4.15. The van der Waals surface area contributed by atoms with Gasteiger partial charge in [-0.1, -0.05) is 29.8 Å². The number of carbonyl (C=O) groups excluding carboxylic acids is 1. The Labute approximate surface area is 189 Å². The lowest BCUT2D eigenvalue weighted by Crippen LogP contribution is -2.10. The van der Waals surface area contributed by atoms with Crippen LogP contribution >= 0.6 is 11.6 Å². The van der Waals surface area contributed by atoms with E-state index in [-0.39, 0.29) is 17.0 Å². The van der Waals surface area contributed by atoms with Crippen molar-refractivity contribution in [1.29, 1.82) is 5.26 Å². The maximum atomic E-state index is 12.5. The monoisotopic (exact) mass is 448 g/mol. The summed E-state index contributed by atoms with van der Waals surface area (Å²) in [5.41, 5.74) is 2.25. The lowest BCUT2D eigenvalue weighted by Gasteiger charge is -2.11. The van der Waals surface area contributed by atoms with Gasteiger partial charge in [0, 0.05) is 16.7 Å². The van der Waals surface area contributed by atoms with Crippen LogP contribution < -0.4 is 9.47 Å². The summed E-state index contributed by atoms with van der Waals surface area (Å²) in [7, 11) is 1.43. The highest BCUT2D eigenvalue weighted by Gasteiger charge is 2.17. The molecule has 0 unspecified atom stereocenters. The van der Waals surface area contributed by atoms with Crippen molar-refractivity contribution in [2.24, 2.45) is 0 Å². The fourth-order valence-electron chi connectivity index (χ4n) is 2.98. The molecule has 0 aromatic heterocycles. The number of allylic oxidation sites excluding steroid dienone is 1. The molecule has 0 radical (unpaired) electrons. The number of carbonyl (C=O) groups is 1. The minimum absolute atomic E-state index is 0.0794. The van der Waals surface area contributed by atoms with Gasteiger partial charge in [-0.15, -0.1) is 0 Å². The van der Waals surface area contributed by atoms with Gasteiger partial charge in [0.1, 0.15) is 0 Å². The van der Waals surface area contributed by atoms with Crippen LogP contribution in [0.5, 0.6) is 11.5 Å². The number of hydrogen-bond acceptors (Lipinski definition) is 6. The number of ether oxygens (including phenoxy) is 2. The predicted molar refractivity (Wildman–Crippen MR) is 121 cm³/mol. The van der Waals surface area contributed by atoms with Crippen LogP contribution in [0.4, 0.5) is 5.69 Å². The Balaban J connectivity index is 1.86. The highest BCUT2D eigenvalue weighted by molar-refractivity contribution is 6.30. The lowest BCUT2D eigenvalue weighted by atomic mass is 10.0. The van der Waals surface area contributed by atoms with E-state index in [4.69, 9.17) is 21.1 Å². The average Bonchev–Trinajstić information content (AvgIpc) is 2.78. The van der Waals surface area contributed by atoms with Crippen LogP contribution in [0, 0.1) is 28.4 Å². The van der Waals surface area contributed by atoms with Crippen LogP contribution in [0.15, 0.2) is 60.7 Å². The molecule has 0 N–H and O–H groups in total. The zero-order valence-corrected chi connectivity index (χ0v) is 17.9. The van der Waals surface area contributed by atoms with Gasteiger partial charge >= 0.3 is 5.97 Å². The highest BCUT2D eigenvalue weighted by atomic mass is 35.5. The van der Waals surface area contributed by atoms with Gasteiger partial charge in [-0.25, -0.2) is 4.79 Å². The van der Waals surface area contributed by atoms with Crippen molar-refractivity contribution in [3.8, 4) is 17.6 Å². The number of esters is 1. The summed E-state index contributed by atoms with van der Waals surface area (Å²) >= 11 is 5.90. The zero-order valence-electron chi connectivity index (χ0n) is 17.2. The number of benzene rings is 3. The SMILES string of the molecule is COc1cc(/C=C(\C#N)c2ccc(Cl)cc2)ccc1OC(=O)c1ccc([N+](=O)[O-])c(C)c1. The number of nitro groups is 1. The number of hydrogen-bond donors (Lipinski definition) is 0. The smallest absolute Gasteiger partial charge is 0.343 e. The van der Waals surface area contributed by atoms with Gasteiger partial charge in [0.25, 0.3) is 5.69 Å². The van der Waals surface area contributed by atoms with Gasteiger partial charge in [0.05, 0.1) is 29.2 Å². The molecule has 0 amide bonds. The molecule has 0 spiro atoms. The lowest BCUT2D eigenvalue weighted by molar-refractivity contribution is -0.385. The van der Waals surface area contributed by atoms with E-state index in [1.165, 1.54) is 25.3 Å². The molecule has 0 fully saturated rings. The second kappa shape index (κ2) is 9.77. The molecule has 8 heteroatoms. The summed E-state index contributed by atoms with van der Waals surface area (Å²) < 4.78 is 10.8. The minimum Gasteiger partial charge on any atom is -0.493 e. The van der Waals surface area contributed by atoms with E-state index in [1.54, 1.807) is 55.5 Å². The van der Waals surface area contributed by atoms with Crippen molar-refractivity contribution in [3.05, 3.63) is 98.1 Å². The van der Waals surface area contributed by atoms with Gasteiger partial charge in [0.2, 0.25) is 0 Å².